The second-order valence-electron chi connectivity index (χ2n) is 8.49. The third-order valence-electron chi connectivity index (χ3n) is 4.98. The summed E-state index contributed by atoms with van der Waals surface area (Å²) >= 11 is 0. The van der Waals surface area contributed by atoms with Crippen LogP contribution >= 0.6 is 0 Å². The normalized spacial score (nSPS) is 15.8. The van der Waals surface area contributed by atoms with Gasteiger partial charge in [-0.2, -0.15) is 0 Å². The lowest BCUT2D eigenvalue weighted by Gasteiger charge is -2.43. The van der Waals surface area contributed by atoms with Crippen LogP contribution < -0.4 is 10.6 Å². The van der Waals surface area contributed by atoms with E-state index in [1.54, 1.807) is 17.3 Å². The summed E-state index contributed by atoms with van der Waals surface area (Å²) in [6.07, 6.45) is 2.86. The zero-order chi connectivity index (χ0) is 20.7. The van der Waals surface area contributed by atoms with Crippen molar-refractivity contribution in [3.8, 4) is 0 Å². The highest BCUT2D eigenvalue weighted by Gasteiger charge is 2.46. The van der Waals surface area contributed by atoms with Crippen LogP contribution in [0.3, 0.4) is 0 Å². The number of aryl methyl sites for hydroxylation is 1. The summed E-state index contributed by atoms with van der Waals surface area (Å²) in [5.41, 5.74) is 8.80. The Morgan fingerprint density at radius 1 is 1.36 bits per heavy atom. The molecule has 1 aromatic carbocycles. The van der Waals surface area contributed by atoms with Crippen molar-refractivity contribution in [3.05, 3.63) is 48.1 Å². The average molecular weight is 383 g/mol. The molecule has 0 unspecified atom stereocenters. The first-order valence-corrected chi connectivity index (χ1v) is 9.48. The van der Waals surface area contributed by atoms with Crippen molar-refractivity contribution in [1.29, 1.82) is 0 Å². The van der Waals surface area contributed by atoms with Gasteiger partial charge in [-0.15, -0.1) is 10.2 Å². The van der Waals surface area contributed by atoms with E-state index in [1.165, 1.54) is 0 Å². The van der Waals surface area contributed by atoms with Gasteiger partial charge in [0.25, 0.3) is 0 Å². The van der Waals surface area contributed by atoms with Crippen LogP contribution in [0.15, 0.2) is 36.7 Å². The Kier molecular flexibility index (Phi) is 4.95. The average Bonchev–Trinajstić information content (AvgIpc) is 2.96. The number of anilines is 2. The summed E-state index contributed by atoms with van der Waals surface area (Å²) in [4.78, 5) is 14.3. The van der Waals surface area contributed by atoms with Crippen molar-refractivity contribution in [2.75, 3.05) is 17.2 Å². The number of carbonyl (C=O) groups is 1. The Labute approximate surface area is 166 Å². The minimum atomic E-state index is -0.570. The van der Waals surface area contributed by atoms with E-state index in [-0.39, 0.29) is 5.41 Å². The monoisotopic (exact) mass is 383 g/mol. The zero-order valence-electron chi connectivity index (χ0n) is 17.3. The van der Waals surface area contributed by atoms with Gasteiger partial charge in [0, 0.05) is 25.0 Å². The maximum Gasteiger partial charge on any atom is 0.414 e. The van der Waals surface area contributed by atoms with Crippen molar-refractivity contribution in [3.63, 3.8) is 0 Å². The minimum absolute atomic E-state index is 0.334. The van der Waals surface area contributed by atoms with Crippen LogP contribution in [0.4, 0.5) is 16.2 Å². The molecule has 1 saturated carbocycles. The van der Waals surface area contributed by atoms with E-state index in [9.17, 15) is 4.79 Å². The first-order chi connectivity index (χ1) is 13.1. The fraction of sp³-hybridized carbons (Fsp3) is 0.476. The van der Waals surface area contributed by atoms with Gasteiger partial charge < -0.3 is 15.0 Å². The van der Waals surface area contributed by atoms with Crippen molar-refractivity contribution >= 4 is 17.5 Å². The van der Waals surface area contributed by atoms with Gasteiger partial charge in [-0.3, -0.25) is 4.90 Å². The van der Waals surface area contributed by atoms with Gasteiger partial charge in [-0.1, -0.05) is 12.2 Å². The van der Waals surface area contributed by atoms with Crippen LogP contribution in [0, 0.1) is 0 Å². The lowest BCUT2D eigenvalue weighted by atomic mass is 9.61. The molecule has 0 atom stereocenters. The molecule has 0 radical (unpaired) electrons. The van der Waals surface area contributed by atoms with Crippen LogP contribution in [0.2, 0.25) is 0 Å². The summed E-state index contributed by atoms with van der Waals surface area (Å²) < 4.78 is 7.50. The van der Waals surface area contributed by atoms with Crippen LogP contribution in [0.25, 0.3) is 0 Å². The number of nitrogens with two attached hydrogens (primary N) is 1. The van der Waals surface area contributed by atoms with E-state index in [2.05, 4.69) is 16.8 Å². The molecule has 2 N–H and O–H groups in total. The van der Waals surface area contributed by atoms with Crippen LogP contribution in [-0.2, 0) is 17.2 Å². The lowest BCUT2D eigenvalue weighted by Crippen LogP contribution is -2.40. The number of hydrogen-bond acceptors (Lipinski definition) is 5. The Bertz CT molecular complexity index is 902. The standard InChI is InChI=1S/C21H29N5O2/c1-7-26(19(27)28-20(3,4)5)17-9-15(8-16(22)10-17)21(11-14(2)12-21)18-24-23-13-25(18)6/h8-10,13H,2,7,11-12,22H2,1,3-6H3. The maximum absolute atomic E-state index is 12.7. The van der Waals surface area contributed by atoms with E-state index in [4.69, 9.17) is 10.5 Å². The highest BCUT2D eigenvalue weighted by atomic mass is 16.6. The van der Waals surface area contributed by atoms with E-state index in [0.717, 1.165) is 29.8 Å². The van der Waals surface area contributed by atoms with E-state index < -0.39 is 11.7 Å². The molecule has 1 aliphatic rings. The third-order valence-corrected chi connectivity index (χ3v) is 4.98. The SMILES string of the molecule is C=C1CC(c2cc(N)cc(N(CC)C(=O)OC(C)(C)C)c2)(c2nncn2C)C1. The molecular weight excluding hydrogens is 354 g/mol. The summed E-state index contributed by atoms with van der Waals surface area (Å²) in [7, 11) is 1.93. The molecule has 7 heteroatoms. The first kappa shape index (κ1) is 19.9. The molecule has 0 spiro atoms. The van der Waals surface area contributed by atoms with E-state index in [1.807, 2.05) is 51.4 Å². The van der Waals surface area contributed by atoms with E-state index in [0.29, 0.717) is 17.9 Å². The molecular formula is C21H29N5O2. The fourth-order valence-corrected chi connectivity index (χ4v) is 3.81. The molecule has 0 aliphatic heterocycles. The summed E-state index contributed by atoms with van der Waals surface area (Å²) in [5, 5.41) is 8.41. The molecule has 2 aromatic rings. The van der Waals surface area contributed by atoms with Gasteiger partial charge in [0.05, 0.1) is 5.41 Å². The van der Waals surface area contributed by atoms with Gasteiger partial charge in [-0.05, 0) is 64.3 Å². The second kappa shape index (κ2) is 6.96. The van der Waals surface area contributed by atoms with Crippen molar-refractivity contribution < 1.29 is 9.53 Å². The molecule has 1 heterocycles. The Morgan fingerprint density at radius 2 is 2.04 bits per heavy atom. The number of nitrogen functional groups attached to an aromatic ring is 1. The van der Waals surface area contributed by atoms with Gasteiger partial charge in [0.15, 0.2) is 0 Å². The summed E-state index contributed by atoms with van der Waals surface area (Å²) in [6.45, 7) is 12.1. The molecule has 0 saturated heterocycles. The molecule has 1 aliphatic carbocycles. The smallest absolute Gasteiger partial charge is 0.414 e. The number of hydrogen-bond donors (Lipinski definition) is 1. The number of allylic oxidation sites excluding steroid dienone is 1. The van der Waals surface area contributed by atoms with E-state index >= 15 is 0 Å². The predicted molar refractivity (Wildman–Crippen MR) is 110 cm³/mol. The van der Waals surface area contributed by atoms with Gasteiger partial charge in [-0.25, -0.2) is 4.79 Å². The molecule has 1 amide bonds. The number of aromatic nitrogens is 3. The molecule has 150 valence electrons. The summed E-state index contributed by atoms with van der Waals surface area (Å²) in [5.74, 6) is 0.872. The Hall–Kier alpha value is -2.83. The number of benzene rings is 1. The molecule has 7 nitrogen and oxygen atoms in total. The second-order valence-corrected chi connectivity index (χ2v) is 8.49. The lowest BCUT2D eigenvalue weighted by molar-refractivity contribution is 0.0582. The highest BCUT2D eigenvalue weighted by molar-refractivity contribution is 5.88. The quantitative estimate of drug-likeness (QED) is 0.641. The minimum Gasteiger partial charge on any atom is -0.443 e. The molecule has 1 aromatic heterocycles. The maximum atomic E-state index is 12.7. The number of rotatable bonds is 4. The van der Waals surface area contributed by atoms with Crippen LogP contribution in [0.5, 0.6) is 0 Å². The molecule has 0 bridgehead atoms. The number of nitrogens with zero attached hydrogens (tertiary/aromatic N) is 4. The van der Waals surface area contributed by atoms with Crippen LogP contribution in [0.1, 0.15) is 51.9 Å². The predicted octanol–water partition coefficient (Wildman–Crippen LogP) is 3.79. The molecule has 1 fully saturated rings. The molecule has 28 heavy (non-hydrogen) atoms. The Balaban J connectivity index is 2.04. The third kappa shape index (κ3) is 3.61. The zero-order valence-corrected chi connectivity index (χ0v) is 17.3. The van der Waals surface area contributed by atoms with Crippen molar-refractivity contribution in [2.45, 2.75) is 51.6 Å². The topological polar surface area (TPSA) is 86.3 Å². The number of amides is 1. The number of carbonyl (C=O) groups excluding carboxylic acids is 1. The highest BCUT2D eigenvalue weighted by Crippen LogP contribution is 2.51. The number of ether oxygens (including phenoxy) is 1. The Morgan fingerprint density at radius 3 is 2.54 bits per heavy atom. The van der Waals surface area contributed by atoms with Crippen molar-refractivity contribution in [2.24, 2.45) is 7.05 Å². The van der Waals surface area contributed by atoms with Gasteiger partial charge in [0.2, 0.25) is 0 Å². The van der Waals surface area contributed by atoms with Crippen LogP contribution in [-0.4, -0.2) is 33.0 Å². The first-order valence-electron chi connectivity index (χ1n) is 9.48. The van der Waals surface area contributed by atoms with Gasteiger partial charge >= 0.3 is 6.09 Å². The summed E-state index contributed by atoms with van der Waals surface area (Å²) in [6, 6.07) is 5.76. The molecule has 3 rings (SSSR count). The van der Waals surface area contributed by atoms with Crippen molar-refractivity contribution in [1.82, 2.24) is 14.8 Å². The fourth-order valence-electron chi connectivity index (χ4n) is 3.81. The van der Waals surface area contributed by atoms with Gasteiger partial charge in [0.1, 0.15) is 17.8 Å². The largest absolute Gasteiger partial charge is 0.443 e.